The summed E-state index contributed by atoms with van der Waals surface area (Å²) in [6, 6.07) is 0. The van der Waals surface area contributed by atoms with Crippen molar-refractivity contribution in [2.75, 3.05) is 20.1 Å². The molecule has 1 N–H and O–H groups in total. The van der Waals surface area contributed by atoms with Crippen molar-refractivity contribution in [1.82, 2.24) is 4.90 Å². The quantitative estimate of drug-likeness (QED) is 0.733. The van der Waals surface area contributed by atoms with Gasteiger partial charge in [0.2, 0.25) is 0 Å². The first-order chi connectivity index (χ1) is 7.24. The van der Waals surface area contributed by atoms with Crippen LogP contribution in [0.4, 0.5) is 0 Å². The summed E-state index contributed by atoms with van der Waals surface area (Å²) in [6.07, 6.45) is 8.88. The topological polar surface area (TPSA) is 23.5 Å². The first kappa shape index (κ1) is 13.0. The highest BCUT2D eigenvalue weighted by atomic mass is 16.3. The zero-order valence-electron chi connectivity index (χ0n) is 10.4. The van der Waals surface area contributed by atoms with Crippen LogP contribution in [0.15, 0.2) is 0 Å². The summed E-state index contributed by atoms with van der Waals surface area (Å²) in [7, 11) is 2.13. The van der Waals surface area contributed by atoms with Gasteiger partial charge in [-0.2, -0.15) is 0 Å². The molecule has 0 saturated heterocycles. The van der Waals surface area contributed by atoms with Gasteiger partial charge in [-0.05, 0) is 38.8 Å². The van der Waals surface area contributed by atoms with Crippen LogP contribution in [0.25, 0.3) is 0 Å². The molecular weight excluding hydrogens is 186 g/mol. The molecule has 0 aliphatic heterocycles. The van der Waals surface area contributed by atoms with E-state index in [0.717, 1.165) is 13.1 Å². The molecule has 0 radical (unpaired) electrons. The highest BCUT2D eigenvalue weighted by Crippen LogP contribution is 2.26. The van der Waals surface area contributed by atoms with Crippen LogP contribution in [-0.4, -0.2) is 36.2 Å². The van der Waals surface area contributed by atoms with E-state index in [2.05, 4.69) is 18.9 Å². The Morgan fingerprint density at radius 1 is 1.27 bits per heavy atom. The second-order valence-electron chi connectivity index (χ2n) is 5.08. The third-order valence-electron chi connectivity index (χ3n) is 3.59. The maximum absolute atomic E-state index is 10.1. The van der Waals surface area contributed by atoms with Crippen molar-refractivity contribution < 1.29 is 5.11 Å². The van der Waals surface area contributed by atoms with E-state index in [1.165, 1.54) is 44.9 Å². The van der Waals surface area contributed by atoms with Gasteiger partial charge in [-0.3, -0.25) is 0 Å². The Labute approximate surface area is 94.7 Å². The molecule has 2 nitrogen and oxygen atoms in total. The summed E-state index contributed by atoms with van der Waals surface area (Å²) in [5.41, 5.74) is 0. The number of aliphatic hydroxyl groups is 1. The molecule has 1 aliphatic rings. The van der Waals surface area contributed by atoms with E-state index < -0.39 is 0 Å². The molecule has 2 heteroatoms. The second kappa shape index (κ2) is 7.24. The highest BCUT2D eigenvalue weighted by molar-refractivity contribution is 4.75. The lowest BCUT2D eigenvalue weighted by Gasteiger charge is -2.29. The van der Waals surface area contributed by atoms with Gasteiger partial charge in [0.15, 0.2) is 0 Å². The predicted molar refractivity (Wildman–Crippen MR) is 65.0 cm³/mol. The minimum atomic E-state index is -0.0906. The van der Waals surface area contributed by atoms with Crippen LogP contribution in [0.1, 0.15) is 51.9 Å². The van der Waals surface area contributed by atoms with E-state index in [1.807, 2.05) is 0 Å². The van der Waals surface area contributed by atoms with E-state index in [9.17, 15) is 5.11 Å². The van der Waals surface area contributed by atoms with Gasteiger partial charge in [0.25, 0.3) is 0 Å². The zero-order chi connectivity index (χ0) is 11.1. The molecule has 0 bridgehead atoms. The number of nitrogens with zero attached hydrogens (tertiary/aromatic N) is 1. The molecule has 15 heavy (non-hydrogen) atoms. The van der Waals surface area contributed by atoms with E-state index in [1.54, 1.807) is 0 Å². The Morgan fingerprint density at radius 2 is 1.93 bits per heavy atom. The third-order valence-corrected chi connectivity index (χ3v) is 3.59. The number of unbranched alkanes of at least 4 members (excludes halogenated alkanes) is 1. The number of aliphatic hydroxyl groups excluding tert-OH is 1. The standard InChI is InChI=1S/C13H27NO/c1-3-4-10-14(2)11-13(15)12-8-6-5-7-9-12/h12-13,15H,3-11H2,1-2H3. The lowest BCUT2D eigenvalue weighted by Crippen LogP contribution is -2.35. The number of rotatable bonds is 6. The van der Waals surface area contributed by atoms with E-state index >= 15 is 0 Å². The lowest BCUT2D eigenvalue weighted by atomic mass is 9.85. The van der Waals surface area contributed by atoms with E-state index in [4.69, 9.17) is 0 Å². The normalized spacial score (nSPS) is 20.8. The van der Waals surface area contributed by atoms with Gasteiger partial charge in [-0.15, -0.1) is 0 Å². The molecule has 1 aliphatic carbocycles. The SMILES string of the molecule is CCCCN(C)CC(O)C1CCCCC1. The van der Waals surface area contributed by atoms with Crippen LogP contribution in [-0.2, 0) is 0 Å². The number of hydrogen-bond acceptors (Lipinski definition) is 2. The minimum absolute atomic E-state index is 0.0906. The number of likely N-dealkylation sites (N-methyl/N-ethyl adjacent to an activating group) is 1. The van der Waals surface area contributed by atoms with Crippen LogP contribution < -0.4 is 0 Å². The number of hydrogen-bond donors (Lipinski definition) is 1. The van der Waals surface area contributed by atoms with Gasteiger partial charge in [-0.25, -0.2) is 0 Å². The largest absolute Gasteiger partial charge is 0.392 e. The maximum Gasteiger partial charge on any atom is 0.0695 e. The average Bonchev–Trinajstić information content (AvgIpc) is 2.27. The molecule has 0 spiro atoms. The fourth-order valence-electron chi connectivity index (χ4n) is 2.51. The predicted octanol–water partition coefficient (Wildman–Crippen LogP) is 2.66. The summed E-state index contributed by atoms with van der Waals surface area (Å²) < 4.78 is 0. The third kappa shape index (κ3) is 4.98. The minimum Gasteiger partial charge on any atom is -0.392 e. The molecule has 0 aromatic heterocycles. The Kier molecular flexibility index (Phi) is 6.26. The Morgan fingerprint density at radius 3 is 2.53 bits per heavy atom. The lowest BCUT2D eigenvalue weighted by molar-refractivity contribution is 0.0547. The summed E-state index contributed by atoms with van der Waals surface area (Å²) in [5.74, 6) is 0.572. The summed E-state index contributed by atoms with van der Waals surface area (Å²) >= 11 is 0. The van der Waals surface area contributed by atoms with Gasteiger partial charge >= 0.3 is 0 Å². The molecule has 1 saturated carbocycles. The van der Waals surface area contributed by atoms with Crippen molar-refractivity contribution in [3.8, 4) is 0 Å². The fourth-order valence-corrected chi connectivity index (χ4v) is 2.51. The molecule has 1 rings (SSSR count). The van der Waals surface area contributed by atoms with Crippen LogP contribution in [0.3, 0.4) is 0 Å². The van der Waals surface area contributed by atoms with Gasteiger partial charge in [-0.1, -0.05) is 32.6 Å². The summed E-state index contributed by atoms with van der Waals surface area (Å²) in [6.45, 7) is 4.20. The smallest absolute Gasteiger partial charge is 0.0695 e. The van der Waals surface area contributed by atoms with Crippen molar-refractivity contribution in [1.29, 1.82) is 0 Å². The summed E-state index contributed by atoms with van der Waals surface area (Å²) in [5, 5.41) is 10.1. The fraction of sp³-hybridized carbons (Fsp3) is 1.00. The van der Waals surface area contributed by atoms with Crippen LogP contribution in [0, 0.1) is 5.92 Å². The van der Waals surface area contributed by atoms with Crippen molar-refractivity contribution in [2.24, 2.45) is 5.92 Å². The first-order valence-electron chi connectivity index (χ1n) is 6.60. The Hall–Kier alpha value is -0.0800. The molecular formula is C13H27NO. The van der Waals surface area contributed by atoms with Crippen molar-refractivity contribution >= 4 is 0 Å². The molecule has 0 aromatic carbocycles. The Balaban J connectivity index is 2.17. The van der Waals surface area contributed by atoms with Gasteiger partial charge < -0.3 is 10.0 Å². The molecule has 0 heterocycles. The van der Waals surface area contributed by atoms with Crippen molar-refractivity contribution in [3.63, 3.8) is 0 Å². The molecule has 1 atom stereocenters. The molecule has 0 aromatic rings. The molecule has 90 valence electrons. The van der Waals surface area contributed by atoms with Crippen molar-refractivity contribution in [3.05, 3.63) is 0 Å². The van der Waals surface area contributed by atoms with E-state index in [-0.39, 0.29) is 6.10 Å². The Bertz CT molecular complexity index is 155. The molecule has 1 fully saturated rings. The van der Waals surface area contributed by atoms with Crippen molar-refractivity contribution in [2.45, 2.75) is 58.0 Å². The highest BCUT2D eigenvalue weighted by Gasteiger charge is 2.22. The second-order valence-corrected chi connectivity index (χ2v) is 5.08. The summed E-state index contributed by atoms with van der Waals surface area (Å²) in [4.78, 5) is 2.28. The molecule has 1 unspecified atom stereocenters. The average molecular weight is 213 g/mol. The van der Waals surface area contributed by atoms with Gasteiger partial charge in [0, 0.05) is 6.54 Å². The molecule has 0 amide bonds. The van der Waals surface area contributed by atoms with E-state index in [0.29, 0.717) is 5.92 Å². The monoisotopic (exact) mass is 213 g/mol. The van der Waals surface area contributed by atoms with Gasteiger partial charge in [0.1, 0.15) is 0 Å². The maximum atomic E-state index is 10.1. The van der Waals surface area contributed by atoms with Crippen LogP contribution >= 0.6 is 0 Å². The first-order valence-corrected chi connectivity index (χ1v) is 6.60. The van der Waals surface area contributed by atoms with Crippen LogP contribution in [0.5, 0.6) is 0 Å². The van der Waals surface area contributed by atoms with Crippen LogP contribution in [0.2, 0.25) is 0 Å². The van der Waals surface area contributed by atoms with Gasteiger partial charge in [0.05, 0.1) is 6.10 Å². The zero-order valence-corrected chi connectivity index (χ0v) is 10.4.